The molecule has 5 heavy (non-hydrogen) atoms. The van der Waals surface area contributed by atoms with E-state index in [1.165, 1.54) is 0 Å². The molecule has 0 heterocycles. The van der Waals surface area contributed by atoms with Crippen LogP contribution in [0, 0.1) is 5.54 Å². The maximum absolute atomic E-state index is 4.64. The molecule has 0 fully saturated rings. The molecule has 2 radical (unpaired) electrons. The number of hydrogen-bond acceptors (Lipinski definition) is 0. The van der Waals surface area contributed by atoms with Gasteiger partial charge in [-0.05, 0) is 0 Å². The maximum atomic E-state index is 4.64. The molecule has 0 bridgehead atoms. The van der Waals surface area contributed by atoms with Gasteiger partial charge in [-0.1, -0.05) is 0 Å². The van der Waals surface area contributed by atoms with Crippen molar-refractivity contribution >= 4 is 11.6 Å². The van der Waals surface area contributed by atoms with E-state index in [4.69, 9.17) is 0 Å². The number of rotatable bonds is 0. The average molecular weight is 360 g/mol. The summed E-state index contributed by atoms with van der Waals surface area (Å²) in [5.41, 5.74) is 1.97. The molecule has 0 unspecified atom stereocenters. The van der Waals surface area contributed by atoms with Crippen molar-refractivity contribution in [2.45, 2.75) is 0 Å². The summed E-state index contributed by atoms with van der Waals surface area (Å²) in [7, 11) is 0. The molecule has 0 aliphatic rings. The second kappa shape index (κ2) is 18.2. The van der Waals surface area contributed by atoms with Gasteiger partial charge in [0.25, 0.3) is 0 Å². The van der Waals surface area contributed by atoms with Crippen molar-refractivity contribution in [3.8, 4) is 0 Å². The van der Waals surface area contributed by atoms with Gasteiger partial charge < -0.3 is 17.1 Å². The Balaban J connectivity index is -0.0000000200. The van der Waals surface area contributed by atoms with Gasteiger partial charge in [0.05, 0.1) is 0 Å². The van der Waals surface area contributed by atoms with Crippen molar-refractivity contribution in [3.05, 3.63) is 12.1 Å². The summed E-state index contributed by atoms with van der Waals surface area (Å²) >= 11 is 4.64. The normalized spacial score (nSPS) is 2.60. The second-order valence-electron chi connectivity index (χ2n) is 0.134. The summed E-state index contributed by atoms with van der Waals surface area (Å²) in [5.74, 6) is 0. The molecule has 0 rings (SSSR count). The molecule has 0 N–H and O–H groups in total. The van der Waals surface area contributed by atoms with Crippen LogP contribution in [0.2, 0.25) is 0 Å². The van der Waals surface area contributed by atoms with E-state index in [1.807, 2.05) is 5.54 Å². The number of hydrogen-bond donors (Lipinski definition) is 0. The summed E-state index contributed by atoms with van der Waals surface area (Å²) in [5, 5.41) is 0. The molecule has 0 aliphatic heterocycles. The molecule has 0 amide bonds. The van der Waals surface area contributed by atoms with E-state index < -0.39 is 0 Å². The molecule has 36 valence electrons. The predicted octanol–water partition coefficient (Wildman–Crippen LogP) is 1.17. The smallest absolute Gasteiger partial charge is 0.406 e. The van der Waals surface area contributed by atoms with E-state index in [0.29, 0.717) is 0 Å². The van der Waals surface area contributed by atoms with E-state index in [2.05, 4.69) is 18.2 Å². The van der Waals surface area contributed by atoms with Gasteiger partial charge >= 0.3 is 19.5 Å². The molecule has 0 nitrogen and oxygen atoms in total. The van der Waals surface area contributed by atoms with Crippen molar-refractivity contribution in [3.63, 3.8) is 0 Å². The third kappa shape index (κ3) is 32.0. The first kappa shape index (κ1) is 16.2. The molecule has 0 saturated heterocycles. The fraction of sp³-hybridized carbons (Fsp3) is 0. The first-order valence-electron chi connectivity index (χ1n) is 0.543. The first-order chi connectivity index (χ1) is 1.41. The van der Waals surface area contributed by atoms with Gasteiger partial charge in [-0.2, -0.15) is 0 Å². The van der Waals surface area contributed by atoms with Crippen LogP contribution in [0.5, 0.6) is 0 Å². The zero-order valence-electron chi connectivity index (χ0n) is 2.24. The third-order valence-corrected chi connectivity index (χ3v) is 0. The van der Waals surface area contributed by atoms with Gasteiger partial charge in [-0.15, -0.1) is 0 Å². The Labute approximate surface area is 65.2 Å². The van der Waals surface area contributed by atoms with Crippen LogP contribution in [0.1, 0.15) is 0 Å². The SMILES string of the molecule is C=[C-]Cl.[Au].[Ru+]. The zero-order valence-corrected chi connectivity index (χ0v) is 6.90. The van der Waals surface area contributed by atoms with Crippen molar-refractivity contribution in [2.75, 3.05) is 0 Å². The predicted molar refractivity (Wildman–Crippen MR) is 14.7 cm³/mol. The fourth-order valence-electron chi connectivity index (χ4n) is 0. The molecular formula is C2H2AuClRu. The molecule has 0 atom stereocenters. The summed E-state index contributed by atoms with van der Waals surface area (Å²) < 4.78 is 0. The van der Waals surface area contributed by atoms with Crippen molar-refractivity contribution < 1.29 is 41.9 Å². The molecule has 0 saturated carbocycles. The van der Waals surface area contributed by atoms with E-state index in [-0.39, 0.29) is 41.9 Å². The van der Waals surface area contributed by atoms with Gasteiger partial charge in [-0.3, -0.25) is 6.58 Å². The fourth-order valence-corrected chi connectivity index (χ4v) is 0. The van der Waals surface area contributed by atoms with Crippen LogP contribution < -0.4 is 0 Å². The standard InChI is InChI=1S/C2H2Cl.Au.Ru/c1-2-3;;/h1H2;;/q-1;;+1. The van der Waals surface area contributed by atoms with Crippen LogP contribution in [0.25, 0.3) is 0 Å². The first-order valence-corrected chi connectivity index (χ1v) is 0.921. The molecule has 3 heteroatoms. The van der Waals surface area contributed by atoms with Crippen LogP contribution in [-0.2, 0) is 41.9 Å². The topological polar surface area (TPSA) is 0 Å². The molecule has 0 aliphatic carbocycles. The molecular weight excluding hydrogens is 358 g/mol. The Hall–Kier alpha value is 1.39. The average Bonchev–Trinajstić information content (AvgIpc) is 0.918. The Morgan fingerprint density at radius 2 is 1.60 bits per heavy atom. The van der Waals surface area contributed by atoms with Crippen LogP contribution in [-0.4, -0.2) is 0 Å². The van der Waals surface area contributed by atoms with Gasteiger partial charge in [0.15, 0.2) is 0 Å². The minimum Gasteiger partial charge on any atom is -0.406 e. The minimum atomic E-state index is 0. The Morgan fingerprint density at radius 3 is 1.60 bits per heavy atom. The zero-order chi connectivity index (χ0) is 2.71. The molecule has 0 spiro atoms. The summed E-state index contributed by atoms with van der Waals surface area (Å²) in [4.78, 5) is 0. The van der Waals surface area contributed by atoms with Gasteiger partial charge in [0.2, 0.25) is 0 Å². The Bertz CT molecular complexity index is 17.1. The largest absolute Gasteiger partial charge is 1.00 e. The van der Waals surface area contributed by atoms with Crippen LogP contribution >= 0.6 is 11.6 Å². The van der Waals surface area contributed by atoms with Crippen molar-refractivity contribution in [1.82, 2.24) is 0 Å². The second-order valence-corrected chi connectivity index (χ2v) is 0.401. The number of halogens is 1. The van der Waals surface area contributed by atoms with E-state index in [9.17, 15) is 0 Å². The van der Waals surface area contributed by atoms with Crippen LogP contribution in [0.4, 0.5) is 0 Å². The Morgan fingerprint density at radius 1 is 1.60 bits per heavy atom. The van der Waals surface area contributed by atoms with Crippen LogP contribution in [0.3, 0.4) is 0 Å². The molecule has 0 aromatic rings. The summed E-state index contributed by atoms with van der Waals surface area (Å²) in [6, 6.07) is 0. The quantitative estimate of drug-likeness (QED) is 0.450. The summed E-state index contributed by atoms with van der Waals surface area (Å²) in [6.07, 6.45) is 0. The van der Waals surface area contributed by atoms with Gasteiger partial charge in [0.1, 0.15) is 0 Å². The van der Waals surface area contributed by atoms with Gasteiger partial charge in [0, 0.05) is 22.4 Å². The van der Waals surface area contributed by atoms with E-state index in [1.54, 1.807) is 0 Å². The monoisotopic (exact) mass is 360 g/mol. The van der Waals surface area contributed by atoms with E-state index in [0.717, 1.165) is 0 Å². The Kier molecular flexibility index (Phi) is 58.7. The van der Waals surface area contributed by atoms with Crippen molar-refractivity contribution in [1.29, 1.82) is 0 Å². The van der Waals surface area contributed by atoms with E-state index >= 15 is 0 Å². The third-order valence-electron chi connectivity index (χ3n) is 0. The molecule has 0 aromatic heterocycles. The summed E-state index contributed by atoms with van der Waals surface area (Å²) in [6.45, 7) is 3.00. The maximum Gasteiger partial charge on any atom is 1.00 e. The van der Waals surface area contributed by atoms with Crippen LogP contribution in [0.15, 0.2) is 6.58 Å². The minimum absolute atomic E-state index is 0. The molecule has 0 aromatic carbocycles. The van der Waals surface area contributed by atoms with Crippen molar-refractivity contribution in [2.24, 2.45) is 0 Å². The van der Waals surface area contributed by atoms with Gasteiger partial charge in [-0.25, -0.2) is 0 Å².